The van der Waals surface area contributed by atoms with Crippen molar-refractivity contribution in [3.8, 4) is 0 Å². The molecule has 0 saturated carbocycles. The first-order chi connectivity index (χ1) is 43.3. The number of amides is 1. The molecule has 0 aromatic heterocycles. The first-order valence-corrected chi connectivity index (χ1v) is 30.2. The second kappa shape index (κ2) is 33.7. The second-order valence-electron chi connectivity index (χ2n) is 22.1. The Morgan fingerprint density at radius 3 is 1.19 bits per heavy atom. The van der Waals surface area contributed by atoms with Gasteiger partial charge in [0.25, 0.3) is 0 Å². The lowest BCUT2D eigenvalue weighted by atomic mass is 9.94. The van der Waals surface area contributed by atoms with Crippen molar-refractivity contribution in [3.63, 3.8) is 0 Å². The number of ether oxygens (including phenoxy) is 13. The number of hydrogen-bond donors (Lipinski definition) is 2. The van der Waals surface area contributed by atoms with Crippen LogP contribution in [0.15, 0.2) is 225 Å². The zero-order valence-electron chi connectivity index (χ0n) is 49.9. The summed E-state index contributed by atoms with van der Waals surface area (Å²) >= 11 is 0. The van der Waals surface area contributed by atoms with E-state index in [9.17, 15) is 9.90 Å². The predicted octanol–water partition coefficient (Wildman–Crippen LogP) is 10.4. The molecule has 0 radical (unpaired) electrons. The molecule has 0 unspecified atom stereocenters. The van der Waals surface area contributed by atoms with Gasteiger partial charge >= 0.3 is 0 Å². The summed E-state index contributed by atoms with van der Waals surface area (Å²) in [6.07, 6.45) is -12.9. The van der Waals surface area contributed by atoms with Crippen molar-refractivity contribution >= 4 is 5.91 Å². The Kier molecular flexibility index (Phi) is 24.6. The summed E-state index contributed by atoms with van der Waals surface area (Å²) in [7, 11) is 0. The fourth-order valence-electron chi connectivity index (χ4n) is 11.2. The van der Waals surface area contributed by atoms with Gasteiger partial charge in [-0.2, -0.15) is 0 Å². The molecule has 0 aliphatic carbocycles. The average Bonchev–Trinajstić information content (AvgIpc) is 1.14. The van der Waals surface area contributed by atoms with E-state index in [2.05, 4.69) is 11.9 Å². The average molecular weight is 1200 g/mol. The summed E-state index contributed by atoms with van der Waals surface area (Å²) in [6.45, 7) is 8.50. The van der Waals surface area contributed by atoms with E-state index in [1.807, 2.05) is 219 Å². The van der Waals surface area contributed by atoms with E-state index in [0.717, 1.165) is 38.9 Å². The van der Waals surface area contributed by atoms with Gasteiger partial charge in [-0.05, 0) is 45.9 Å². The molecule has 16 nitrogen and oxygen atoms in total. The van der Waals surface area contributed by atoms with E-state index in [4.69, 9.17) is 61.6 Å². The lowest BCUT2D eigenvalue weighted by molar-refractivity contribution is -0.385. The fourth-order valence-corrected chi connectivity index (χ4v) is 11.2. The van der Waals surface area contributed by atoms with Gasteiger partial charge in [-0.3, -0.25) is 4.79 Å². The highest BCUT2D eigenvalue weighted by Crippen LogP contribution is 2.38. The van der Waals surface area contributed by atoms with Crippen LogP contribution >= 0.6 is 0 Å². The number of nitrogens with one attached hydrogen (secondary N) is 1. The van der Waals surface area contributed by atoms with Crippen LogP contribution < -0.4 is 5.32 Å². The third-order valence-corrected chi connectivity index (χ3v) is 15.6. The van der Waals surface area contributed by atoms with Gasteiger partial charge in [0.05, 0.1) is 72.2 Å². The third-order valence-electron chi connectivity index (χ3n) is 15.6. The van der Waals surface area contributed by atoms with E-state index in [-0.39, 0.29) is 72.0 Å². The summed E-state index contributed by atoms with van der Waals surface area (Å²) < 4.78 is 90.4. The molecule has 16 heteroatoms. The molecule has 464 valence electrons. The largest absolute Gasteiger partial charge is 0.374 e. The first-order valence-electron chi connectivity index (χ1n) is 30.2. The topological polar surface area (TPSA) is 169 Å². The van der Waals surface area contributed by atoms with Crippen molar-refractivity contribution in [1.82, 2.24) is 5.32 Å². The smallest absolute Gasteiger partial charge is 0.217 e. The van der Waals surface area contributed by atoms with Crippen molar-refractivity contribution in [1.29, 1.82) is 0 Å². The molecule has 10 rings (SSSR count). The molecular weight excluding hydrogens is 1120 g/mol. The van der Waals surface area contributed by atoms with Gasteiger partial charge < -0.3 is 72.0 Å². The van der Waals surface area contributed by atoms with Gasteiger partial charge in [0, 0.05) is 6.92 Å². The number of benzene rings is 7. The van der Waals surface area contributed by atoms with E-state index >= 15 is 0 Å². The molecule has 0 spiro atoms. The number of aliphatic hydroxyl groups excluding tert-OH is 1. The maximum absolute atomic E-state index is 13.7. The standard InChI is InChI=1S/C72H81NO15/c1-4-40-78-63-59(48-76-41-52-26-12-5-13-27-52)85-71(61(73-51(3)74)65(63)80-44-55-32-18-8-19-33-55)87-64-60(49-77-42-53-28-14-6-15-29-53)86-72(69(83-47-58-38-24-11-25-39-58)66(64)81-45-56-34-20-9-21-35-56)88-67-62(79-43-54-30-16-7-17-31-54)50(2)84-70(75)68(67)82-46-57-36-22-10-23-37-57/h4-39,50,59-72,75H,1,40-49H2,2-3H3,(H,73,74)/t50-,59+,60+,61-,62-,63+,64+,65+,66-,67+,68+,69+,70+,71-,72+/m0/s1. The molecule has 88 heavy (non-hydrogen) atoms. The van der Waals surface area contributed by atoms with Crippen LogP contribution in [-0.2, 0) is 113 Å². The van der Waals surface area contributed by atoms with Crippen LogP contribution in [0.3, 0.4) is 0 Å². The lowest BCUT2D eigenvalue weighted by Crippen LogP contribution is -2.69. The van der Waals surface area contributed by atoms with E-state index in [0.29, 0.717) is 0 Å². The summed E-state index contributed by atoms with van der Waals surface area (Å²) in [5.74, 6) is -0.366. The number of carbonyl (C=O) groups is 1. The van der Waals surface area contributed by atoms with Gasteiger partial charge in [0.1, 0.15) is 67.1 Å². The Balaban J connectivity index is 1.07. The number of rotatable bonds is 31. The molecule has 15 atom stereocenters. The first kappa shape index (κ1) is 64.2. The Labute approximate surface area is 516 Å². The minimum Gasteiger partial charge on any atom is -0.374 e. The van der Waals surface area contributed by atoms with Crippen molar-refractivity contribution in [2.45, 2.75) is 152 Å². The maximum Gasteiger partial charge on any atom is 0.217 e. The predicted molar refractivity (Wildman–Crippen MR) is 328 cm³/mol. The molecule has 3 fully saturated rings. The van der Waals surface area contributed by atoms with Crippen LogP contribution in [0, 0.1) is 0 Å². The van der Waals surface area contributed by atoms with E-state index in [1.165, 1.54) is 6.92 Å². The molecule has 2 N–H and O–H groups in total. The Bertz CT molecular complexity index is 3030. The quantitative estimate of drug-likeness (QED) is 0.0394. The fraction of sp³-hybridized carbons (Fsp3) is 0.375. The third kappa shape index (κ3) is 18.4. The molecule has 7 aromatic rings. The van der Waals surface area contributed by atoms with Crippen molar-refractivity contribution in [2.75, 3.05) is 19.8 Å². The molecule has 3 heterocycles. The highest BCUT2D eigenvalue weighted by molar-refractivity contribution is 5.73. The minimum absolute atomic E-state index is 0.0440. The van der Waals surface area contributed by atoms with Crippen LogP contribution in [-0.4, -0.2) is 123 Å². The number of aliphatic hydroxyl groups is 1. The zero-order chi connectivity index (χ0) is 60.7. The van der Waals surface area contributed by atoms with Gasteiger partial charge in [-0.25, -0.2) is 0 Å². The van der Waals surface area contributed by atoms with Crippen molar-refractivity contribution in [2.24, 2.45) is 0 Å². The van der Waals surface area contributed by atoms with Gasteiger partial charge in [-0.15, -0.1) is 6.58 Å². The molecular formula is C72H81NO15. The molecule has 3 saturated heterocycles. The zero-order valence-corrected chi connectivity index (χ0v) is 49.9. The van der Waals surface area contributed by atoms with Crippen LogP contribution in [0.25, 0.3) is 0 Å². The van der Waals surface area contributed by atoms with Gasteiger partial charge in [0.2, 0.25) is 5.91 Å². The molecule has 3 aliphatic heterocycles. The van der Waals surface area contributed by atoms with E-state index in [1.54, 1.807) is 6.08 Å². The highest BCUT2D eigenvalue weighted by Gasteiger charge is 2.56. The van der Waals surface area contributed by atoms with Crippen molar-refractivity contribution in [3.05, 3.63) is 264 Å². The second-order valence-corrected chi connectivity index (χ2v) is 22.1. The van der Waals surface area contributed by atoms with Crippen LogP contribution in [0.4, 0.5) is 0 Å². The van der Waals surface area contributed by atoms with E-state index < -0.39 is 92.1 Å². The minimum atomic E-state index is -1.45. The van der Waals surface area contributed by atoms with Crippen LogP contribution in [0.5, 0.6) is 0 Å². The summed E-state index contributed by atoms with van der Waals surface area (Å²) in [5, 5.41) is 15.2. The Morgan fingerprint density at radius 1 is 0.420 bits per heavy atom. The monoisotopic (exact) mass is 1200 g/mol. The summed E-state index contributed by atoms with van der Waals surface area (Å²) in [4.78, 5) is 13.7. The Hall–Kier alpha value is -6.81. The number of hydrogen-bond acceptors (Lipinski definition) is 15. The number of carbonyl (C=O) groups excluding carboxylic acids is 1. The Morgan fingerprint density at radius 2 is 0.773 bits per heavy atom. The van der Waals surface area contributed by atoms with Crippen LogP contribution in [0.1, 0.15) is 52.8 Å². The van der Waals surface area contributed by atoms with Crippen molar-refractivity contribution < 1.29 is 71.5 Å². The van der Waals surface area contributed by atoms with Gasteiger partial charge in [-0.1, -0.05) is 218 Å². The summed E-state index contributed by atoms with van der Waals surface area (Å²) in [5.41, 5.74) is 6.31. The normalized spacial score (nSPS) is 27.1. The molecule has 1 amide bonds. The highest BCUT2D eigenvalue weighted by atomic mass is 16.8. The SMILES string of the molecule is C=CCO[C@H]1[C@H](OCc2ccccc2)[C@H](NC(C)=O)[C@H](O[C@H]2[C@H](OCc3ccccc3)[C@@H](OCc3ccccc3)[C@@H](O[C@@H]3[C@@H](OCc4ccccc4)[C@H](C)O[C@@H](O)[C@@H]3OCc3ccccc3)O[C@@H]2COCc2ccccc2)O[C@@H]1COCc1ccccc1. The maximum atomic E-state index is 13.7. The summed E-state index contributed by atoms with van der Waals surface area (Å²) in [6, 6.07) is 67.5. The lowest BCUT2D eigenvalue weighted by Gasteiger charge is -2.51. The van der Waals surface area contributed by atoms with Crippen LogP contribution in [0.2, 0.25) is 0 Å². The van der Waals surface area contributed by atoms with Gasteiger partial charge in [0.15, 0.2) is 18.9 Å². The molecule has 7 aromatic carbocycles. The molecule has 0 bridgehead atoms. The molecule has 3 aliphatic rings.